The maximum absolute atomic E-state index is 14.3. The summed E-state index contributed by atoms with van der Waals surface area (Å²) < 4.78 is 14.3. The zero-order valence-corrected chi connectivity index (χ0v) is 19.4. The van der Waals surface area contributed by atoms with E-state index < -0.39 is 5.82 Å². The monoisotopic (exact) mass is 448 g/mol. The number of hydrogen-bond acceptors (Lipinski definition) is 5. The molecule has 2 heterocycles. The van der Waals surface area contributed by atoms with Gasteiger partial charge < -0.3 is 16.0 Å². The summed E-state index contributed by atoms with van der Waals surface area (Å²) in [6.45, 7) is 10.4. The van der Waals surface area contributed by atoms with Crippen LogP contribution in [-0.4, -0.2) is 19.0 Å². The van der Waals surface area contributed by atoms with Crippen LogP contribution >= 0.6 is 11.8 Å². The number of rotatable bonds is 6. The third-order valence-electron chi connectivity index (χ3n) is 5.34. The first-order valence-corrected chi connectivity index (χ1v) is 11.9. The van der Waals surface area contributed by atoms with Gasteiger partial charge in [-0.3, -0.25) is 0 Å². The maximum Gasteiger partial charge on any atom is 0.141 e. The summed E-state index contributed by atoms with van der Waals surface area (Å²) in [5.74, 6) is 0.318. The quantitative estimate of drug-likeness (QED) is 0.544. The first kappa shape index (κ1) is 23.6. The molecule has 0 saturated carbocycles. The van der Waals surface area contributed by atoms with Crippen molar-refractivity contribution in [1.82, 2.24) is 16.0 Å². The van der Waals surface area contributed by atoms with Crippen LogP contribution in [0.4, 0.5) is 4.39 Å². The zero-order chi connectivity index (χ0) is 22.9. The lowest BCUT2D eigenvalue weighted by Crippen LogP contribution is -2.31. The van der Waals surface area contributed by atoms with E-state index in [0.29, 0.717) is 6.54 Å². The summed E-state index contributed by atoms with van der Waals surface area (Å²) in [4.78, 5) is 1.13. The minimum atomic E-state index is -0.496. The Labute approximate surface area is 194 Å². The number of benzene rings is 2. The van der Waals surface area contributed by atoms with Crippen LogP contribution in [-0.2, 0) is 6.54 Å². The van der Waals surface area contributed by atoms with Crippen molar-refractivity contribution < 1.29 is 4.39 Å². The van der Waals surface area contributed by atoms with Crippen LogP contribution in [0, 0.1) is 17.1 Å². The van der Waals surface area contributed by atoms with Gasteiger partial charge in [-0.2, -0.15) is 5.26 Å². The molecule has 0 unspecified atom stereocenters. The van der Waals surface area contributed by atoms with E-state index in [9.17, 15) is 4.39 Å². The van der Waals surface area contributed by atoms with Gasteiger partial charge in [-0.1, -0.05) is 50.8 Å². The second-order valence-corrected chi connectivity index (χ2v) is 8.15. The molecule has 3 N–H and O–H groups in total. The molecule has 4 nitrogen and oxygen atoms in total. The summed E-state index contributed by atoms with van der Waals surface area (Å²) in [7, 11) is 0. The molecule has 0 amide bonds. The van der Waals surface area contributed by atoms with E-state index in [1.807, 2.05) is 50.4 Å². The number of allylic oxidation sites excluding steroid dienone is 1. The lowest BCUT2D eigenvalue weighted by atomic mass is 9.94. The van der Waals surface area contributed by atoms with Gasteiger partial charge in [-0.15, -0.1) is 11.8 Å². The summed E-state index contributed by atoms with van der Waals surface area (Å²) in [5, 5.41) is 19.3. The molecule has 166 valence electrons. The highest BCUT2D eigenvalue weighted by atomic mass is 32.2. The van der Waals surface area contributed by atoms with Gasteiger partial charge in [0, 0.05) is 35.5 Å². The number of nitrogens with one attached hydrogen (secondary N) is 3. The third kappa shape index (κ3) is 5.24. The normalized spacial score (nSPS) is 15.1. The molecular weight excluding hydrogens is 419 g/mol. The molecule has 0 saturated heterocycles. The molecule has 0 radical (unpaired) electrons. The van der Waals surface area contributed by atoms with Crippen LogP contribution < -0.4 is 16.0 Å². The van der Waals surface area contributed by atoms with Crippen molar-refractivity contribution in [3.8, 4) is 17.2 Å². The molecule has 2 aromatic rings. The molecule has 0 bridgehead atoms. The summed E-state index contributed by atoms with van der Waals surface area (Å²) >= 11 is 1.73. The van der Waals surface area contributed by atoms with E-state index in [1.54, 1.807) is 17.8 Å². The average molecular weight is 449 g/mol. The van der Waals surface area contributed by atoms with E-state index in [0.717, 1.165) is 52.5 Å². The van der Waals surface area contributed by atoms with Gasteiger partial charge in [0.05, 0.1) is 11.4 Å². The molecule has 4 rings (SSSR count). The van der Waals surface area contributed by atoms with Crippen LogP contribution in [0.25, 0.3) is 16.0 Å². The summed E-state index contributed by atoms with van der Waals surface area (Å²) in [6, 6.07) is 12.8. The van der Waals surface area contributed by atoms with Gasteiger partial charge in [0.15, 0.2) is 0 Å². The van der Waals surface area contributed by atoms with Crippen molar-refractivity contribution >= 4 is 16.7 Å². The third-order valence-corrected chi connectivity index (χ3v) is 6.28. The average Bonchev–Trinajstić information content (AvgIpc) is 3.38. The van der Waals surface area contributed by atoms with Crippen LogP contribution in [0.2, 0.25) is 0 Å². The van der Waals surface area contributed by atoms with E-state index in [1.165, 1.54) is 17.3 Å². The molecule has 6 heteroatoms. The molecule has 0 atom stereocenters. The molecule has 2 aliphatic heterocycles. The fraction of sp³-hybridized carbons (Fsp3) is 0.269. The Morgan fingerprint density at radius 3 is 2.81 bits per heavy atom. The number of hydrogen-bond donors (Lipinski definition) is 3. The van der Waals surface area contributed by atoms with Crippen molar-refractivity contribution in [2.24, 2.45) is 0 Å². The lowest BCUT2D eigenvalue weighted by Gasteiger charge is -2.22. The Morgan fingerprint density at radius 1 is 1.28 bits per heavy atom. The first-order valence-electron chi connectivity index (χ1n) is 10.9. The van der Waals surface area contributed by atoms with Gasteiger partial charge in [-0.05, 0) is 47.4 Å². The Bertz CT molecular complexity index is 1080. The van der Waals surface area contributed by atoms with Crippen molar-refractivity contribution in [2.45, 2.75) is 26.8 Å². The van der Waals surface area contributed by atoms with Crippen LogP contribution in [0.5, 0.6) is 0 Å². The van der Waals surface area contributed by atoms with Gasteiger partial charge in [0.1, 0.15) is 11.9 Å². The molecule has 2 aliphatic rings. The van der Waals surface area contributed by atoms with Gasteiger partial charge >= 0.3 is 0 Å². The highest BCUT2D eigenvalue weighted by Gasteiger charge is 2.19. The standard InChI is InChI=1S/C24H23FN4S.C2H6/c1-2-16-8-9-27-13-22(16)29-12-19-4-3-5-20(24(19)23-14-28-15-30-23)17-6-7-18(11-26)21(25)10-17;1-2/h2-7,10,14,27-29H,1,8-9,12-13,15H2;1-2H3. The van der Waals surface area contributed by atoms with Crippen molar-refractivity contribution in [3.63, 3.8) is 0 Å². The Balaban J connectivity index is 0.00000141. The summed E-state index contributed by atoms with van der Waals surface area (Å²) in [5.41, 5.74) is 6.43. The molecule has 0 fully saturated rings. The predicted molar refractivity (Wildman–Crippen MR) is 133 cm³/mol. The minimum Gasteiger partial charge on any atom is -0.383 e. The van der Waals surface area contributed by atoms with Crippen LogP contribution in [0.1, 0.15) is 37.0 Å². The van der Waals surface area contributed by atoms with Crippen molar-refractivity contribution in [1.29, 1.82) is 5.26 Å². The second kappa shape index (κ2) is 11.6. The van der Waals surface area contributed by atoms with Gasteiger partial charge in [-0.25, -0.2) is 4.39 Å². The van der Waals surface area contributed by atoms with Crippen LogP contribution in [0.3, 0.4) is 0 Å². The maximum atomic E-state index is 14.3. The highest BCUT2D eigenvalue weighted by molar-refractivity contribution is 8.08. The number of thioether (sulfide) groups is 1. The molecule has 0 aliphatic carbocycles. The van der Waals surface area contributed by atoms with E-state index in [4.69, 9.17) is 5.26 Å². The molecule has 32 heavy (non-hydrogen) atoms. The summed E-state index contributed by atoms with van der Waals surface area (Å²) in [6.07, 6.45) is 4.91. The Morgan fingerprint density at radius 2 is 2.12 bits per heavy atom. The van der Waals surface area contributed by atoms with E-state index in [2.05, 4.69) is 28.6 Å². The highest BCUT2D eigenvalue weighted by Crippen LogP contribution is 2.39. The van der Waals surface area contributed by atoms with Gasteiger partial charge in [0.25, 0.3) is 0 Å². The minimum absolute atomic E-state index is 0.0583. The number of nitriles is 1. The lowest BCUT2D eigenvalue weighted by molar-refractivity contribution is 0.624. The molecular formula is C26H29FN4S. The smallest absolute Gasteiger partial charge is 0.141 e. The largest absolute Gasteiger partial charge is 0.383 e. The fourth-order valence-electron chi connectivity index (χ4n) is 3.80. The Hall–Kier alpha value is -3.01. The SMILES string of the molecule is C=CC1=C(NCc2cccc(-c3ccc(C#N)c(F)c3)c2C2=CNCS2)CNCC1.CC. The van der Waals surface area contributed by atoms with Crippen molar-refractivity contribution in [3.05, 3.63) is 89.0 Å². The fourth-order valence-corrected chi connectivity index (χ4v) is 4.67. The van der Waals surface area contributed by atoms with E-state index >= 15 is 0 Å². The second-order valence-electron chi connectivity index (χ2n) is 7.14. The molecule has 2 aromatic carbocycles. The van der Waals surface area contributed by atoms with Gasteiger partial charge in [0.2, 0.25) is 0 Å². The topological polar surface area (TPSA) is 59.9 Å². The van der Waals surface area contributed by atoms with Crippen LogP contribution in [0.15, 0.2) is 66.5 Å². The Kier molecular flexibility index (Phi) is 8.55. The molecule has 0 aromatic heterocycles. The first-order chi connectivity index (χ1) is 15.7. The van der Waals surface area contributed by atoms with Crippen molar-refractivity contribution in [2.75, 3.05) is 19.0 Å². The van der Waals surface area contributed by atoms with E-state index in [-0.39, 0.29) is 5.56 Å². The number of nitrogens with zero attached hydrogens (tertiary/aromatic N) is 1. The predicted octanol–water partition coefficient (Wildman–Crippen LogP) is 5.51. The number of halogens is 1. The molecule has 0 spiro atoms. The zero-order valence-electron chi connectivity index (χ0n) is 18.6.